The van der Waals surface area contributed by atoms with Crippen molar-refractivity contribution in [2.24, 2.45) is 0 Å². The largest absolute Gasteiger partial charge is 0.341 e. The van der Waals surface area contributed by atoms with Crippen LogP contribution in [0.4, 0.5) is 5.13 Å². The smallest absolute Gasteiger partial charge is 0.240 e. The molecular weight excluding hydrogens is 392 g/mol. The van der Waals surface area contributed by atoms with Crippen LogP contribution in [0.25, 0.3) is 0 Å². The molecule has 1 aliphatic heterocycles. The standard InChI is InChI=1S/C20H24N4O2S2/c1-14(25)24(16-10-11-16)19-21-22-20(28-19)27-17(15-8-4-2-5-9-15)18(26)23-12-6-3-7-13-23/h2,4-5,8-9,16-17H,3,6-7,10-13H2,1H3/t17-/m1/s1. The van der Waals surface area contributed by atoms with E-state index in [1.54, 1.807) is 11.8 Å². The Morgan fingerprint density at radius 3 is 2.50 bits per heavy atom. The van der Waals surface area contributed by atoms with Crippen LogP contribution >= 0.6 is 23.1 Å². The number of carbonyl (C=O) groups is 2. The van der Waals surface area contributed by atoms with E-state index in [0.717, 1.165) is 48.7 Å². The number of rotatable bonds is 6. The topological polar surface area (TPSA) is 66.4 Å². The maximum atomic E-state index is 13.3. The fourth-order valence-electron chi connectivity index (χ4n) is 3.50. The third-order valence-electron chi connectivity index (χ3n) is 5.07. The van der Waals surface area contributed by atoms with E-state index in [2.05, 4.69) is 10.2 Å². The molecule has 1 saturated carbocycles. The lowest BCUT2D eigenvalue weighted by Crippen LogP contribution is -2.38. The Kier molecular flexibility index (Phi) is 5.96. The van der Waals surface area contributed by atoms with Crippen molar-refractivity contribution in [3.63, 3.8) is 0 Å². The van der Waals surface area contributed by atoms with Crippen molar-refractivity contribution in [1.29, 1.82) is 0 Å². The van der Waals surface area contributed by atoms with Gasteiger partial charge in [0.25, 0.3) is 0 Å². The van der Waals surface area contributed by atoms with Crippen LogP contribution in [-0.4, -0.2) is 46.0 Å². The third-order valence-corrected chi connectivity index (χ3v) is 7.31. The van der Waals surface area contributed by atoms with Gasteiger partial charge in [-0.1, -0.05) is 53.4 Å². The van der Waals surface area contributed by atoms with Crippen LogP contribution in [0.3, 0.4) is 0 Å². The predicted octanol–water partition coefficient (Wildman–Crippen LogP) is 3.90. The zero-order valence-corrected chi connectivity index (χ0v) is 17.5. The number of amides is 2. The van der Waals surface area contributed by atoms with Crippen LogP contribution in [0.5, 0.6) is 0 Å². The first kappa shape index (κ1) is 19.4. The molecule has 0 unspecified atom stereocenters. The summed E-state index contributed by atoms with van der Waals surface area (Å²) < 4.78 is 0.723. The molecule has 6 nitrogen and oxygen atoms in total. The summed E-state index contributed by atoms with van der Waals surface area (Å²) in [4.78, 5) is 29.0. The minimum atomic E-state index is -0.341. The molecule has 1 atom stereocenters. The fraction of sp³-hybridized carbons (Fsp3) is 0.500. The van der Waals surface area contributed by atoms with Crippen LogP contribution in [0, 0.1) is 0 Å². The number of piperidine rings is 1. The number of hydrogen-bond donors (Lipinski definition) is 0. The normalized spacial score (nSPS) is 18.0. The number of carbonyl (C=O) groups excluding carboxylic acids is 2. The number of nitrogens with zero attached hydrogens (tertiary/aromatic N) is 4. The van der Waals surface area contributed by atoms with Gasteiger partial charge in [0.1, 0.15) is 5.25 Å². The summed E-state index contributed by atoms with van der Waals surface area (Å²) in [6, 6.07) is 10.1. The summed E-state index contributed by atoms with van der Waals surface area (Å²) >= 11 is 2.84. The van der Waals surface area contributed by atoms with Gasteiger partial charge >= 0.3 is 0 Å². The molecule has 2 amide bonds. The maximum absolute atomic E-state index is 13.3. The first-order valence-electron chi connectivity index (χ1n) is 9.77. The lowest BCUT2D eigenvalue weighted by atomic mass is 10.1. The first-order valence-corrected chi connectivity index (χ1v) is 11.5. The van der Waals surface area contributed by atoms with Gasteiger partial charge in [-0.3, -0.25) is 14.5 Å². The Bertz CT molecular complexity index is 832. The number of thioether (sulfide) groups is 1. The molecule has 2 fully saturated rings. The highest BCUT2D eigenvalue weighted by Gasteiger charge is 2.35. The third kappa shape index (κ3) is 4.38. The summed E-state index contributed by atoms with van der Waals surface area (Å²) in [6.07, 6.45) is 5.35. The monoisotopic (exact) mass is 416 g/mol. The molecule has 28 heavy (non-hydrogen) atoms. The molecular formula is C20H24N4O2S2. The van der Waals surface area contributed by atoms with Gasteiger partial charge in [0.2, 0.25) is 16.9 Å². The number of likely N-dealkylation sites (tertiary alicyclic amines) is 1. The SMILES string of the molecule is CC(=O)N(c1nnc(S[C@@H](C(=O)N2CCCCC2)c2ccccc2)s1)C1CC1. The maximum Gasteiger partial charge on any atom is 0.240 e. The van der Waals surface area contributed by atoms with Crippen molar-refractivity contribution in [2.45, 2.75) is 54.7 Å². The van der Waals surface area contributed by atoms with E-state index in [-0.39, 0.29) is 23.1 Å². The van der Waals surface area contributed by atoms with Gasteiger partial charge in [-0.05, 0) is 37.7 Å². The average molecular weight is 417 g/mol. The predicted molar refractivity (Wildman–Crippen MR) is 112 cm³/mol. The Balaban J connectivity index is 1.56. The van der Waals surface area contributed by atoms with Crippen LogP contribution < -0.4 is 4.90 Å². The van der Waals surface area contributed by atoms with Crippen molar-refractivity contribution in [2.75, 3.05) is 18.0 Å². The molecule has 1 aromatic heterocycles. The molecule has 4 rings (SSSR count). The van der Waals surface area contributed by atoms with Crippen LogP contribution in [0.2, 0.25) is 0 Å². The molecule has 0 N–H and O–H groups in total. The molecule has 1 aromatic carbocycles. The zero-order valence-electron chi connectivity index (χ0n) is 15.9. The van der Waals surface area contributed by atoms with Gasteiger partial charge in [-0.2, -0.15) is 0 Å². The fourth-order valence-corrected chi connectivity index (χ4v) is 5.73. The van der Waals surface area contributed by atoms with Gasteiger partial charge in [0.15, 0.2) is 4.34 Å². The van der Waals surface area contributed by atoms with Crippen molar-refractivity contribution < 1.29 is 9.59 Å². The highest BCUT2D eigenvalue weighted by atomic mass is 32.2. The van der Waals surface area contributed by atoms with Gasteiger partial charge < -0.3 is 4.90 Å². The Hall–Kier alpha value is -1.93. The molecule has 1 saturated heterocycles. The molecule has 0 bridgehead atoms. The van der Waals surface area contributed by atoms with Crippen molar-refractivity contribution in [3.05, 3.63) is 35.9 Å². The number of benzene rings is 1. The number of anilines is 1. The molecule has 2 aromatic rings. The van der Waals surface area contributed by atoms with Gasteiger partial charge in [0, 0.05) is 26.1 Å². The van der Waals surface area contributed by atoms with Crippen LogP contribution in [0.1, 0.15) is 49.8 Å². The Morgan fingerprint density at radius 2 is 1.86 bits per heavy atom. The molecule has 148 valence electrons. The average Bonchev–Trinajstić information content (AvgIpc) is 3.44. The molecule has 0 radical (unpaired) electrons. The van der Waals surface area contributed by atoms with Crippen molar-refractivity contribution >= 4 is 40.0 Å². The second-order valence-corrected chi connectivity index (χ2v) is 9.57. The number of hydrogen-bond acceptors (Lipinski definition) is 6. The molecule has 1 aliphatic carbocycles. The minimum Gasteiger partial charge on any atom is -0.341 e. The second kappa shape index (κ2) is 8.61. The lowest BCUT2D eigenvalue weighted by molar-refractivity contribution is -0.131. The zero-order chi connectivity index (χ0) is 19.5. The van der Waals surface area contributed by atoms with Gasteiger partial charge in [0.05, 0.1) is 0 Å². The quantitative estimate of drug-likeness (QED) is 0.528. The summed E-state index contributed by atoms with van der Waals surface area (Å²) in [5, 5.41) is 8.83. The summed E-state index contributed by atoms with van der Waals surface area (Å²) in [5.41, 5.74) is 0.977. The van der Waals surface area contributed by atoms with E-state index in [1.165, 1.54) is 29.5 Å². The number of aromatic nitrogens is 2. The summed E-state index contributed by atoms with van der Waals surface area (Å²) in [6.45, 7) is 3.22. The molecule has 2 aliphatic rings. The Morgan fingerprint density at radius 1 is 1.14 bits per heavy atom. The summed E-state index contributed by atoms with van der Waals surface area (Å²) in [5.74, 6) is 0.137. The molecule has 2 heterocycles. The minimum absolute atomic E-state index is 0.000738. The molecule has 0 spiro atoms. The van der Waals surface area contributed by atoms with Crippen LogP contribution in [0.15, 0.2) is 34.7 Å². The van der Waals surface area contributed by atoms with E-state index in [0.29, 0.717) is 5.13 Å². The first-order chi connectivity index (χ1) is 13.6. The van der Waals surface area contributed by atoms with E-state index < -0.39 is 0 Å². The van der Waals surface area contributed by atoms with Gasteiger partial charge in [-0.15, -0.1) is 10.2 Å². The van der Waals surface area contributed by atoms with E-state index in [1.807, 2.05) is 35.2 Å². The van der Waals surface area contributed by atoms with E-state index >= 15 is 0 Å². The van der Waals surface area contributed by atoms with Gasteiger partial charge in [-0.25, -0.2) is 0 Å². The van der Waals surface area contributed by atoms with Crippen molar-refractivity contribution in [1.82, 2.24) is 15.1 Å². The van der Waals surface area contributed by atoms with Crippen LogP contribution in [-0.2, 0) is 9.59 Å². The van der Waals surface area contributed by atoms with E-state index in [9.17, 15) is 9.59 Å². The Labute approximate surface area is 173 Å². The van der Waals surface area contributed by atoms with Crippen molar-refractivity contribution in [3.8, 4) is 0 Å². The second-order valence-electron chi connectivity index (χ2n) is 7.27. The summed E-state index contributed by atoms with van der Waals surface area (Å²) in [7, 11) is 0. The highest BCUT2D eigenvalue weighted by molar-refractivity contribution is 8.01. The highest BCUT2D eigenvalue weighted by Crippen LogP contribution is 2.41. The van der Waals surface area contributed by atoms with E-state index in [4.69, 9.17) is 0 Å². The molecule has 8 heteroatoms. The lowest BCUT2D eigenvalue weighted by Gasteiger charge is -2.30.